The summed E-state index contributed by atoms with van der Waals surface area (Å²) in [6.07, 6.45) is 0.917. The number of hydrogen-bond donors (Lipinski definition) is 2. The van der Waals surface area contributed by atoms with Crippen molar-refractivity contribution in [2.24, 2.45) is 11.7 Å². The van der Waals surface area contributed by atoms with E-state index in [9.17, 15) is 9.59 Å². The fraction of sp³-hybridized carbons (Fsp3) is 0.778. The van der Waals surface area contributed by atoms with Gasteiger partial charge in [-0.05, 0) is 19.9 Å². The number of ether oxygens (including phenoxy) is 1. The number of carbonyl (C=O) groups excluding carboxylic acids is 2. The lowest BCUT2D eigenvalue weighted by molar-refractivity contribution is -0.148. The summed E-state index contributed by atoms with van der Waals surface area (Å²) in [5.41, 5.74) is 5.08. The van der Waals surface area contributed by atoms with Crippen LogP contribution in [-0.4, -0.2) is 31.1 Å². The molecule has 2 atom stereocenters. The number of hydrogen-bond acceptors (Lipinski definition) is 4. The molecule has 5 nitrogen and oxygen atoms in total. The van der Waals surface area contributed by atoms with E-state index in [1.165, 1.54) is 0 Å². The van der Waals surface area contributed by atoms with E-state index in [-0.39, 0.29) is 24.3 Å². The molecule has 1 heterocycles. The van der Waals surface area contributed by atoms with Crippen LogP contribution in [0.15, 0.2) is 0 Å². The second-order valence-corrected chi connectivity index (χ2v) is 3.38. The van der Waals surface area contributed by atoms with Gasteiger partial charge < -0.3 is 15.8 Å². The van der Waals surface area contributed by atoms with Gasteiger partial charge in [-0.25, -0.2) is 0 Å². The third kappa shape index (κ3) is 2.70. The van der Waals surface area contributed by atoms with Crippen molar-refractivity contribution in [2.45, 2.75) is 25.8 Å². The predicted octanol–water partition coefficient (Wildman–Crippen LogP) is -0.597. The van der Waals surface area contributed by atoms with Crippen molar-refractivity contribution in [1.82, 2.24) is 5.32 Å². The second-order valence-electron chi connectivity index (χ2n) is 3.38. The number of primary amides is 1. The Hall–Kier alpha value is -1.10. The highest BCUT2D eigenvalue weighted by atomic mass is 16.5. The van der Waals surface area contributed by atoms with Gasteiger partial charge in [-0.2, -0.15) is 0 Å². The van der Waals surface area contributed by atoms with Gasteiger partial charge in [0, 0.05) is 12.5 Å². The maximum absolute atomic E-state index is 11.4. The number of nitrogens with two attached hydrogens (primary N) is 1. The first-order valence-corrected chi connectivity index (χ1v) is 4.83. The van der Waals surface area contributed by atoms with Crippen molar-refractivity contribution in [3.63, 3.8) is 0 Å². The Morgan fingerprint density at radius 2 is 2.29 bits per heavy atom. The Labute approximate surface area is 83.0 Å². The van der Waals surface area contributed by atoms with Gasteiger partial charge >= 0.3 is 5.97 Å². The minimum atomic E-state index is -0.390. The molecule has 0 saturated carbocycles. The predicted molar refractivity (Wildman–Crippen MR) is 50.3 cm³/mol. The Morgan fingerprint density at radius 3 is 2.86 bits per heavy atom. The van der Waals surface area contributed by atoms with Crippen LogP contribution in [0.5, 0.6) is 0 Å². The number of carbonyl (C=O) groups is 2. The summed E-state index contributed by atoms with van der Waals surface area (Å²) in [4.78, 5) is 22.1. The third-order valence-electron chi connectivity index (χ3n) is 2.36. The quantitative estimate of drug-likeness (QED) is 0.594. The fourth-order valence-corrected chi connectivity index (χ4v) is 1.73. The molecule has 1 aliphatic heterocycles. The molecule has 0 aromatic heterocycles. The molecule has 5 heteroatoms. The highest BCUT2D eigenvalue weighted by Gasteiger charge is 2.34. The molecule has 1 fully saturated rings. The van der Waals surface area contributed by atoms with Crippen LogP contribution in [0.2, 0.25) is 0 Å². The normalized spacial score (nSPS) is 26.1. The van der Waals surface area contributed by atoms with Crippen molar-refractivity contribution in [3.8, 4) is 0 Å². The van der Waals surface area contributed by atoms with E-state index in [1.807, 2.05) is 0 Å². The van der Waals surface area contributed by atoms with Gasteiger partial charge in [-0.3, -0.25) is 9.59 Å². The number of amides is 1. The zero-order valence-corrected chi connectivity index (χ0v) is 8.29. The summed E-state index contributed by atoms with van der Waals surface area (Å²) < 4.78 is 4.91. The molecular weight excluding hydrogens is 184 g/mol. The summed E-state index contributed by atoms with van der Waals surface area (Å²) in [6, 6.07) is -0.147. The minimum absolute atomic E-state index is 0.147. The highest BCUT2D eigenvalue weighted by molar-refractivity contribution is 5.78. The van der Waals surface area contributed by atoms with Gasteiger partial charge in [-0.15, -0.1) is 0 Å². The Kier molecular flexibility index (Phi) is 3.88. The molecule has 1 saturated heterocycles. The molecule has 0 spiro atoms. The van der Waals surface area contributed by atoms with Crippen LogP contribution in [0.25, 0.3) is 0 Å². The van der Waals surface area contributed by atoms with E-state index in [0.29, 0.717) is 6.61 Å². The van der Waals surface area contributed by atoms with Crippen molar-refractivity contribution in [1.29, 1.82) is 0 Å². The van der Waals surface area contributed by atoms with Crippen LogP contribution in [0.1, 0.15) is 19.8 Å². The minimum Gasteiger partial charge on any atom is -0.466 e. The first-order valence-electron chi connectivity index (χ1n) is 4.83. The van der Waals surface area contributed by atoms with E-state index in [1.54, 1.807) is 6.92 Å². The lowest BCUT2D eigenvalue weighted by Gasteiger charge is -2.16. The molecule has 80 valence electrons. The first kappa shape index (κ1) is 11.0. The van der Waals surface area contributed by atoms with E-state index in [2.05, 4.69) is 5.32 Å². The average Bonchev–Trinajstić information content (AvgIpc) is 2.51. The summed E-state index contributed by atoms with van der Waals surface area (Å²) >= 11 is 0. The van der Waals surface area contributed by atoms with Gasteiger partial charge in [0.2, 0.25) is 5.91 Å². The van der Waals surface area contributed by atoms with Crippen LogP contribution in [0.3, 0.4) is 0 Å². The van der Waals surface area contributed by atoms with Gasteiger partial charge in [0.05, 0.1) is 12.5 Å². The maximum atomic E-state index is 11.4. The Morgan fingerprint density at radius 1 is 1.57 bits per heavy atom. The maximum Gasteiger partial charge on any atom is 0.310 e. The number of rotatable bonds is 4. The van der Waals surface area contributed by atoms with Crippen LogP contribution in [0.4, 0.5) is 0 Å². The second kappa shape index (κ2) is 4.95. The zero-order valence-electron chi connectivity index (χ0n) is 8.29. The molecule has 0 aromatic rings. The van der Waals surface area contributed by atoms with Gasteiger partial charge in [0.15, 0.2) is 0 Å². The van der Waals surface area contributed by atoms with E-state index in [0.717, 1.165) is 13.0 Å². The molecular formula is C9H16N2O3. The van der Waals surface area contributed by atoms with Crippen molar-refractivity contribution >= 4 is 11.9 Å². The fourth-order valence-electron chi connectivity index (χ4n) is 1.73. The van der Waals surface area contributed by atoms with Crippen molar-refractivity contribution < 1.29 is 14.3 Å². The van der Waals surface area contributed by atoms with E-state index in [4.69, 9.17) is 10.5 Å². The summed E-state index contributed by atoms with van der Waals surface area (Å²) in [7, 11) is 0. The van der Waals surface area contributed by atoms with Gasteiger partial charge in [0.25, 0.3) is 0 Å². The monoisotopic (exact) mass is 200 g/mol. The molecule has 0 aliphatic carbocycles. The summed E-state index contributed by atoms with van der Waals surface area (Å²) in [5, 5.41) is 3.08. The smallest absolute Gasteiger partial charge is 0.310 e. The zero-order chi connectivity index (χ0) is 10.6. The van der Waals surface area contributed by atoms with Crippen molar-refractivity contribution in [2.75, 3.05) is 13.2 Å². The first-order chi connectivity index (χ1) is 6.65. The molecule has 0 radical (unpaired) electrons. The molecule has 0 bridgehead atoms. The standard InChI is InChI=1S/C9H16N2O3/c1-2-14-9(13)6-3-4-11-7(6)5-8(10)12/h6-7,11H,2-5H2,1H3,(H2,10,12). The molecule has 1 rings (SSSR count). The molecule has 2 unspecified atom stereocenters. The summed E-state index contributed by atoms with van der Waals surface area (Å²) in [5.74, 6) is -0.843. The Balaban J connectivity index is 2.50. The Bertz CT molecular complexity index is 230. The van der Waals surface area contributed by atoms with Crippen LogP contribution in [-0.2, 0) is 14.3 Å². The molecule has 3 N–H and O–H groups in total. The third-order valence-corrected chi connectivity index (χ3v) is 2.36. The van der Waals surface area contributed by atoms with E-state index >= 15 is 0 Å². The van der Waals surface area contributed by atoms with Crippen LogP contribution in [0, 0.1) is 5.92 Å². The largest absolute Gasteiger partial charge is 0.466 e. The lowest BCUT2D eigenvalue weighted by atomic mass is 9.98. The summed E-state index contributed by atoms with van der Waals surface area (Å²) in [6.45, 7) is 2.88. The van der Waals surface area contributed by atoms with Gasteiger partial charge in [-0.1, -0.05) is 0 Å². The number of esters is 1. The van der Waals surface area contributed by atoms with Gasteiger partial charge in [0.1, 0.15) is 0 Å². The van der Waals surface area contributed by atoms with Crippen LogP contribution >= 0.6 is 0 Å². The molecule has 0 aromatic carbocycles. The molecule has 1 amide bonds. The topological polar surface area (TPSA) is 81.4 Å². The van der Waals surface area contributed by atoms with Crippen LogP contribution < -0.4 is 11.1 Å². The van der Waals surface area contributed by atoms with Crippen molar-refractivity contribution in [3.05, 3.63) is 0 Å². The SMILES string of the molecule is CCOC(=O)C1CCNC1CC(N)=O. The molecule has 14 heavy (non-hydrogen) atoms. The van der Waals surface area contributed by atoms with E-state index < -0.39 is 5.91 Å². The number of nitrogens with one attached hydrogen (secondary N) is 1. The lowest BCUT2D eigenvalue weighted by Crippen LogP contribution is -2.36. The molecule has 1 aliphatic rings. The highest BCUT2D eigenvalue weighted by Crippen LogP contribution is 2.19. The average molecular weight is 200 g/mol.